The summed E-state index contributed by atoms with van der Waals surface area (Å²) in [6.45, 7) is 7.68. The van der Waals surface area contributed by atoms with Gasteiger partial charge in [-0.25, -0.2) is 13.4 Å². The van der Waals surface area contributed by atoms with Crippen LogP contribution in [0.2, 0.25) is 0 Å². The molecule has 3 rings (SSSR count). The third kappa shape index (κ3) is 3.13. The van der Waals surface area contributed by atoms with Crippen molar-refractivity contribution < 1.29 is 12.9 Å². The zero-order valence-electron chi connectivity index (χ0n) is 13.4. The molecule has 0 aromatic carbocycles. The highest BCUT2D eigenvalue weighted by atomic mass is 32.2. The molecule has 0 aliphatic carbocycles. The number of aromatic nitrogens is 2. The number of aryl methyl sites for hydroxylation is 3. The summed E-state index contributed by atoms with van der Waals surface area (Å²) in [5, 5.41) is 4.72. The molecule has 2 aromatic rings. The molecule has 9 heteroatoms. The molecule has 0 radical (unpaired) electrons. The van der Waals surface area contributed by atoms with Gasteiger partial charge in [-0.05, 0) is 27.2 Å². The van der Waals surface area contributed by atoms with Gasteiger partial charge in [0.25, 0.3) is 0 Å². The highest BCUT2D eigenvalue weighted by Crippen LogP contribution is 2.26. The topological polar surface area (TPSA) is 79.5 Å². The fourth-order valence-corrected chi connectivity index (χ4v) is 5.36. The lowest BCUT2D eigenvalue weighted by Gasteiger charge is -2.21. The van der Waals surface area contributed by atoms with E-state index in [0.717, 1.165) is 23.0 Å². The second kappa shape index (κ2) is 6.21. The predicted molar refractivity (Wildman–Crippen MR) is 88.4 cm³/mol. The average Bonchev–Trinajstić information content (AvgIpc) is 2.96. The summed E-state index contributed by atoms with van der Waals surface area (Å²) in [5.41, 5.74) is 0.416. The van der Waals surface area contributed by atoms with Crippen LogP contribution >= 0.6 is 11.3 Å². The molecule has 1 fully saturated rings. The van der Waals surface area contributed by atoms with Gasteiger partial charge in [0, 0.05) is 37.3 Å². The van der Waals surface area contributed by atoms with Crippen LogP contribution in [0.4, 0.5) is 5.13 Å². The molecule has 1 aliphatic rings. The first-order valence-electron chi connectivity index (χ1n) is 7.50. The van der Waals surface area contributed by atoms with Crippen molar-refractivity contribution in [2.24, 2.45) is 0 Å². The first-order chi connectivity index (χ1) is 10.9. The summed E-state index contributed by atoms with van der Waals surface area (Å²) in [6.07, 6.45) is 2.62. The Morgan fingerprint density at radius 1 is 1.17 bits per heavy atom. The van der Waals surface area contributed by atoms with Crippen LogP contribution in [0.15, 0.2) is 15.6 Å². The van der Waals surface area contributed by atoms with E-state index in [4.69, 9.17) is 4.52 Å². The van der Waals surface area contributed by atoms with Gasteiger partial charge in [0.2, 0.25) is 10.0 Å². The van der Waals surface area contributed by atoms with Gasteiger partial charge >= 0.3 is 0 Å². The van der Waals surface area contributed by atoms with E-state index in [9.17, 15) is 8.42 Å². The summed E-state index contributed by atoms with van der Waals surface area (Å²) >= 11 is 1.64. The van der Waals surface area contributed by atoms with Gasteiger partial charge in [-0.15, -0.1) is 11.3 Å². The minimum Gasteiger partial charge on any atom is -0.360 e. The minimum absolute atomic E-state index is 0.205. The Labute approximate surface area is 140 Å². The number of sulfonamides is 1. The molecule has 0 saturated carbocycles. The van der Waals surface area contributed by atoms with Crippen molar-refractivity contribution in [1.82, 2.24) is 14.4 Å². The third-order valence-corrected chi connectivity index (χ3v) is 7.02. The van der Waals surface area contributed by atoms with Gasteiger partial charge in [-0.3, -0.25) is 0 Å². The molecular formula is C14H20N4O3S2. The number of hydrogen-bond acceptors (Lipinski definition) is 7. The minimum atomic E-state index is -3.57. The second-order valence-electron chi connectivity index (χ2n) is 5.65. The summed E-state index contributed by atoms with van der Waals surface area (Å²) in [4.78, 5) is 7.91. The van der Waals surface area contributed by atoms with E-state index in [-0.39, 0.29) is 4.90 Å². The van der Waals surface area contributed by atoms with Gasteiger partial charge in [0.15, 0.2) is 10.9 Å². The maximum absolute atomic E-state index is 12.9. The molecule has 0 N–H and O–H groups in total. The lowest BCUT2D eigenvalue weighted by Crippen LogP contribution is -2.35. The number of nitrogens with zero attached hydrogens (tertiary/aromatic N) is 4. The van der Waals surface area contributed by atoms with Crippen LogP contribution < -0.4 is 4.90 Å². The van der Waals surface area contributed by atoms with E-state index in [1.54, 1.807) is 25.2 Å². The van der Waals surface area contributed by atoms with Gasteiger partial charge in [0.1, 0.15) is 10.6 Å². The molecule has 1 saturated heterocycles. The smallest absolute Gasteiger partial charge is 0.248 e. The number of hydrogen-bond donors (Lipinski definition) is 0. The van der Waals surface area contributed by atoms with Crippen LogP contribution in [0.3, 0.4) is 0 Å². The average molecular weight is 356 g/mol. The van der Waals surface area contributed by atoms with Crippen LogP contribution in [0.5, 0.6) is 0 Å². The molecule has 1 aliphatic heterocycles. The number of rotatable bonds is 3. The zero-order chi connectivity index (χ0) is 16.6. The predicted octanol–water partition coefficient (Wildman–Crippen LogP) is 1.96. The van der Waals surface area contributed by atoms with Gasteiger partial charge in [0.05, 0.1) is 0 Å². The van der Waals surface area contributed by atoms with Crippen LogP contribution in [-0.2, 0) is 10.0 Å². The molecule has 2 aromatic heterocycles. The largest absolute Gasteiger partial charge is 0.360 e. The lowest BCUT2D eigenvalue weighted by atomic mass is 10.4. The molecule has 23 heavy (non-hydrogen) atoms. The Bertz CT molecular complexity index is 777. The quantitative estimate of drug-likeness (QED) is 0.836. The highest BCUT2D eigenvalue weighted by molar-refractivity contribution is 7.89. The van der Waals surface area contributed by atoms with Gasteiger partial charge in [-0.2, -0.15) is 4.31 Å². The van der Waals surface area contributed by atoms with Crippen LogP contribution in [0.1, 0.15) is 22.8 Å². The molecule has 0 unspecified atom stereocenters. The van der Waals surface area contributed by atoms with Crippen molar-refractivity contribution in [1.29, 1.82) is 0 Å². The summed E-state index contributed by atoms with van der Waals surface area (Å²) in [5.74, 6) is 0.346. The van der Waals surface area contributed by atoms with E-state index >= 15 is 0 Å². The first kappa shape index (κ1) is 16.4. The highest BCUT2D eigenvalue weighted by Gasteiger charge is 2.32. The maximum atomic E-state index is 12.9. The molecule has 0 spiro atoms. The van der Waals surface area contributed by atoms with E-state index in [1.807, 2.05) is 13.1 Å². The lowest BCUT2D eigenvalue weighted by molar-refractivity contribution is 0.389. The van der Waals surface area contributed by atoms with Crippen molar-refractivity contribution >= 4 is 26.5 Å². The zero-order valence-corrected chi connectivity index (χ0v) is 15.1. The SMILES string of the molecule is Cc1cnc(N2CCCN(S(=O)(=O)c3c(C)noc3C)CC2)s1. The van der Waals surface area contributed by atoms with E-state index < -0.39 is 10.0 Å². The molecule has 3 heterocycles. The Morgan fingerprint density at radius 2 is 1.96 bits per heavy atom. The normalized spacial score (nSPS) is 17.4. The Hall–Kier alpha value is -1.45. The Balaban J connectivity index is 1.80. The summed E-state index contributed by atoms with van der Waals surface area (Å²) < 4.78 is 32.3. The van der Waals surface area contributed by atoms with Crippen molar-refractivity contribution in [3.05, 3.63) is 22.5 Å². The van der Waals surface area contributed by atoms with Crippen molar-refractivity contribution in [3.8, 4) is 0 Å². The van der Waals surface area contributed by atoms with E-state index in [2.05, 4.69) is 15.0 Å². The van der Waals surface area contributed by atoms with Gasteiger partial charge < -0.3 is 9.42 Å². The van der Waals surface area contributed by atoms with Crippen molar-refractivity contribution in [2.45, 2.75) is 32.1 Å². The fraction of sp³-hybridized carbons (Fsp3) is 0.571. The van der Waals surface area contributed by atoms with E-state index in [1.165, 1.54) is 4.31 Å². The van der Waals surface area contributed by atoms with E-state index in [0.29, 0.717) is 31.1 Å². The number of anilines is 1. The Morgan fingerprint density at radius 3 is 2.57 bits per heavy atom. The molecule has 0 bridgehead atoms. The first-order valence-corrected chi connectivity index (χ1v) is 9.75. The molecular weight excluding hydrogens is 336 g/mol. The molecule has 0 atom stereocenters. The third-order valence-electron chi connectivity index (χ3n) is 3.90. The van der Waals surface area contributed by atoms with Crippen LogP contribution in [-0.4, -0.2) is 49.0 Å². The maximum Gasteiger partial charge on any atom is 0.248 e. The number of thiazole rings is 1. The second-order valence-corrected chi connectivity index (χ2v) is 8.74. The summed E-state index contributed by atoms with van der Waals surface area (Å²) in [6, 6.07) is 0. The van der Waals surface area contributed by atoms with Crippen molar-refractivity contribution in [3.63, 3.8) is 0 Å². The molecule has 0 amide bonds. The van der Waals surface area contributed by atoms with Crippen LogP contribution in [0, 0.1) is 20.8 Å². The van der Waals surface area contributed by atoms with Gasteiger partial charge in [-0.1, -0.05) is 5.16 Å². The fourth-order valence-electron chi connectivity index (χ4n) is 2.79. The molecule has 126 valence electrons. The monoisotopic (exact) mass is 356 g/mol. The Kier molecular flexibility index (Phi) is 4.43. The molecule has 7 nitrogen and oxygen atoms in total. The standard InChI is InChI=1S/C14H20N4O3S2/c1-10-9-15-14(22-10)17-5-4-6-18(8-7-17)23(19,20)13-11(2)16-21-12(13)3/h9H,4-8H2,1-3H3. The van der Waals surface area contributed by atoms with Crippen LogP contribution in [0.25, 0.3) is 0 Å². The summed E-state index contributed by atoms with van der Waals surface area (Å²) in [7, 11) is -3.57. The van der Waals surface area contributed by atoms with Crippen molar-refractivity contribution in [2.75, 3.05) is 31.1 Å².